The van der Waals surface area contributed by atoms with E-state index < -0.39 is 5.97 Å². The zero-order valence-electron chi connectivity index (χ0n) is 8.98. The Kier molecular flexibility index (Phi) is 2.67. The summed E-state index contributed by atoms with van der Waals surface area (Å²) in [5.41, 5.74) is 0. The van der Waals surface area contributed by atoms with E-state index in [4.69, 9.17) is 5.11 Å². The lowest BCUT2D eigenvalue weighted by Gasteiger charge is -2.30. The molecule has 4 nitrogen and oxygen atoms in total. The Labute approximate surface area is 89.3 Å². The predicted octanol–water partition coefficient (Wildman–Crippen LogP) is 0.966. The average Bonchev–Trinajstić information content (AvgIpc) is 2.94. The van der Waals surface area contributed by atoms with Gasteiger partial charge in [0.05, 0.1) is 5.92 Å². The SMILES string of the molecule is CC1CC1C(=O)N1CCC[C@H](C(=O)O)C1. The first-order chi connectivity index (χ1) is 7.09. The quantitative estimate of drug-likeness (QED) is 0.740. The van der Waals surface area contributed by atoms with Gasteiger partial charge in [-0.25, -0.2) is 0 Å². The summed E-state index contributed by atoms with van der Waals surface area (Å²) in [4.78, 5) is 24.5. The number of hydrogen-bond acceptors (Lipinski definition) is 2. The molecule has 2 fully saturated rings. The van der Waals surface area contributed by atoms with Crippen LogP contribution in [-0.4, -0.2) is 35.0 Å². The highest BCUT2D eigenvalue weighted by Crippen LogP contribution is 2.39. The van der Waals surface area contributed by atoms with Crippen LogP contribution in [0.25, 0.3) is 0 Å². The normalized spacial score (nSPS) is 35.0. The molecule has 2 aliphatic rings. The number of piperidine rings is 1. The number of aliphatic carboxylic acids is 1. The number of carboxylic acid groups (broad SMARTS) is 1. The maximum Gasteiger partial charge on any atom is 0.308 e. The number of carbonyl (C=O) groups is 2. The topological polar surface area (TPSA) is 57.6 Å². The van der Waals surface area contributed by atoms with E-state index in [2.05, 4.69) is 6.92 Å². The molecule has 15 heavy (non-hydrogen) atoms. The summed E-state index contributed by atoms with van der Waals surface area (Å²) < 4.78 is 0. The van der Waals surface area contributed by atoms with Gasteiger partial charge >= 0.3 is 5.97 Å². The number of carbonyl (C=O) groups excluding carboxylic acids is 1. The maximum atomic E-state index is 11.9. The maximum absolute atomic E-state index is 11.9. The van der Waals surface area contributed by atoms with E-state index in [0.717, 1.165) is 19.4 Å². The van der Waals surface area contributed by atoms with Crippen LogP contribution >= 0.6 is 0 Å². The Morgan fingerprint density at radius 3 is 2.60 bits per heavy atom. The van der Waals surface area contributed by atoms with Gasteiger partial charge in [-0.05, 0) is 25.2 Å². The molecule has 2 rings (SSSR count). The number of hydrogen-bond donors (Lipinski definition) is 1. The van der Waals surface area contributed by atoms with Crippen LogP contribution in [-0.2, 0) is 9.59 Å². The van der Waals surface area contributed by atoms with Crippen LogP contribution in [0.3, 0.4) is 0 Å². The monoisotopic (exact) mass is 211 g/mol. The summed E-state index contributed by atoms with van der Waals surface area (Å²) >= 11 is 0. The Morgan fingerprint density at radius 2 is 2.07 bits per heavy atom. The van der Waals surface area contributed by atoms with Crippen molar-refractivity contribution in [3.8, 4) is 0 Å². The predicted molar refractivity (Wildman–Crippen MR) is 54.2 cm³/mol. The van der Waals surface area contributed by atoms with Crippen molar-refractivity contribution in [3.63, 3.8) is 0 Å². The lowest BCUT2D eigenvalue weighted by Crippen LogP contribution is -2.43. The molecule has 0 spiro atoms. The van der Waals surface area contributed by atoms with E-state index in [-0.39, 0.29) is 17.7 Å². The van der Waals surface area contributed by atoms with Crippen molar-refractivity contribution in [1.82, 2.24) is 4.90 Å². The molecular weight excluding hydrogens is 194 g/mol. The molecule has 0 radical (unpaired) electrons. The minimum Gasteiger partial charge on any atom is -0.481 e. The molecule has 0 aromatic heterocycles. The third-order valence-corrected chi connectivity index (χ3v) is 3.51. The average molecular weight is 211 g/mol. The fraction of sp³-hybridized carbons (Fsp3) is 0.818. The molecule has 0 aromatic carbocycles. The summed E-state index contributed by atoms with van der Waals surface area (Å²) in [6, 6.07) is 0. The highest BCUT2D eigenvalue weighted by atomic mass is 16.4. The number of carboxylic acids is 1. The number of amides is 1. The Balaban J connectivity index is 1.92. The first-order valence-electron chi connectivity index (χ1n) is 5.61. The van der Waals surface area contributed by atoms with Gasteiger partial charge in [0.2, 0.25) is 5.91 Å². The van der Waals surface area contributed by atoms with Gasteiger partial charge in [-0.1, -0.05) is 6.92 Å². The van der Waals surface area contributed by atoms with E-state index >= 15 is 0 Å². The van der Waals surface area contributed by atoms with Gasteiger partial charge in [0.15, 0.2) is 0 Å². The number of likely N-dealkylation sites (tertiary alicyclic amines) is 1. The number of nitrogens with zero attached hydrogens (tertiary/aromatic N) is 1. The standard InChI is InChI=1S/C11H17NO3/c1-7-5-9(7)10(13)12-4-2-3-8(6-12)11(14)15/h7-9H,2-6H2,1H3,(H,14,15)/t7?,8-,9?/m0/s1. The second-order valence-corrected chi connectivity index (χ2v) is 4.78. The molecule has 1 amide bonds. The van der Waals surface area contributed by atoms with Crippen molar-refractivity contribution in [2.24, 2.45) is 17.8 Å². The Bertz CT molecular complexity index is 290. The first-order valence-corrected chi connectivity index (χ1v) is 5.61. The molecule has 3 atom stereocenters. The molecule has 4 heteroatoms. The summed E-state index contributed by atoms with van der Waals surface area (Å²) in [6.07, 6.45) is 2.51. The minimum atomic E-state index is -0.767. The second-order valence-electron chi connectivity index (χ2n) is 4.78. The Hall–Kier alpha value is -1.06. The van der Waals surface area contributed by atoms with Gasteiger partial charge in [-0.15, -0.1) is 0 Å². The fourth-order valence-electron chi connectivity index (χ4n) is 2.28. The zero-order chi connectivity index (χ0) is 11.0. The van der Waals surface area contributed by atoms with Crippen molar-refractivity contribution < 1.29 is 14.7 Å². The third kappa shape index (κ3) is 2.13. The molecule has 2 unspecified atom stereocenters. The second kappa shape index (κ2) is 3.83. The van der Waals surface area contributed by atoms with Crippen molar-refractivity contribution in [2.75, 3.05) is 13.1 Å². The smallest absolute Gasteiger partial charge is 0.308 e. The Morgan fingerprint density at radius 1 is 1.40 bits per heavy atom. The van der Waals surface area contributed by atoms with Crippen molar-refractivity contribution in [1.29, 1.82) is 0 Å². The molecule has 1 aliphatic carbocycles. The molecule has 0 bridgehead atoms. The van der Waals surface area contributed by atoms with Crippen LogP contribution in [0.1, 0.15) is 26.2 Å². The third-order valence-electron chi connectivity index (χ3n) is 3.51. The largest absolute Gasteiger partial charge is 0.481 e. The van der Waals surface area contributed by atoms with E-state index in [0.29, 0.717) is 18.9 Å². The van der Waals surface area contributed by atoms with Gasteiger partial charge < -0.3 is 10.0 Å². The van der Waals surface area contributed by atoms with Gasteiger partial charge in [0, 0.05) is 19.0 Å². The number of rotatable bonds is 2. The van der Waals surface area contributed by atoms with Crippen LogP contribution in [0.5, 0.6) is 0 Å². The van der Waals surface area contributed by atoms with Crippen LogP contribution < -0.4 is 0 Å². The van der Waals surface area contributed by atoms with Gasteiger partial charge in [-0.3, -0.25) is 9.59 Å². The minimum absolute atomic E-state index is 0.174. The lowest BCUT2D eigenvalue weighted by atomic mass is 9.98. The van der Waals surface area contributed by atoms with Gasteiger partial charge in [-0.2, -0.15) is 0 Å². The first kappa shape index (κ1) is 10.5. The molecule has 1 saturated carbocycles. The molecular formula is C11H17NO3. The molecule has 1 heterocycles. The summed E-state index contributed by atoms with van der Waals surface area (Å²) in [7, 11) is 0. The van der Waals surface area contributed by atoms with Crippen LogP contribution in [0.4, 0.5) is 0 Å². The molecule has 1 saturated heterocycles. The van der Waals surface area contributed by atoms with E-state index in [1.807, 2.05) is 0 Å². The molecule has 84 valence electrons. The van der Waals surface area contributed by atoms with Crippen LogP contribution in [0, 0.1) is 17.8 Å². The van der Waals surface area contributed by atoms with Crippen LogP contribution in [0.15, 0.2) is 0 Å². The summed E-state index contributed by atoms with van der Waals surface area (Å²) in [5, 5.41) is 8.91. The van der Waals surface area contributed by atoms with E-state index in [1.165, 1.54) is 0 Å². The summed E-state index contributed by atoms with van der Waals surface area (Å²) in [5.74, 6) is -0.262. The zero-order valence-corrected chi connectivity index (χ0v) is 8.98. The van der Waals surface area contributed by atoms with E-state index in [9.17, 15) is 9.59 Å². The van der Waals surface area contributed by atoms with Gasteiger partial charge in [0.1, 0.15) is 0 Å². The highest BCUT2D eigenvalue weighted by Gasteiger charge is 2.42. The highest BCUT2D eigenvalue weighted by molar-refractivity contribution is 5.82. The molecule has 0 aromatic rings. The molecule has 1 aliphatic heterocycles. The lowest BCUT2D eigenvalue weighted by molar-refractivity contribution is -0.146. The van der Waals surface area contributed by atoms with Crippen molar-refractivity contribution >= 4 is 11.9 Å². The van der Waals surface area contributed by atoms with Crippen LogP contribution in [0.2, 0.25) is 0 Å². The molecule has 1 N–H and O–H groups in total. The summed E-state index contributed by atoms with van der Waals surface area (Å²) in [6.45, 7) is 3.23. The van der Waals surface area contributed by atoms with Crippen molar-refractivity contribution in [3.05, 3.63) is 0 Å². The van der Waals surface area contributed by atoms with E-state index in [1.54, 1.807) is 4.90 Å². The van der Waals surface area contributed by atoms with Crippen molar-refractivity contribution in [2.45, 2.75) is 26.2 Å². The van der Waals surface area contributed by atoms with Gasteiger partial charge in [0.25, 0.3) is 0 Å². The fourth-order valence-corrected chi connectivity index (χ4v) is 2.28.